The van der Waals surface area contributed by atoms with E-state index in [0.29, 0.717) is 0 Å². The number of rotatable bonds is 2. The second kappa shape index (κ2) is 1.94. The minimum Gasteiger partial charge on any atom is -0.173 e. The standard InChI is InChI=1S/C7H14S/c1-7(2,8)5-6-3-4-6/h6,8H,3-5H2,1-2H3. The van der Waals surface area contributed by atoms with Crippen molar-refractivity contribution in [1.82, 2.24) is 0 Å². The predicted octanol–water partition coefficient (Wildman–Crippen LogP) is 2.49. The highest BCUT2D eigenvalue weighted by molar-refractivity contribution is 7.81. The lowest BCUT2D eigenvalue weighted by Crippen LogP contribution is -2.10. The maximum Gasteiger partial charge on any atom is 0.00758 e. The minimum atomic E-state index is 0.279. The fourth-order valence-corrected chi connectivity index (χ4v) is 1.29. The Morgan fingerprint density at radius 3 is 2.12 bits per heavy atom. The summed E-state index contributed by atoms with van der Waals surface area (Å²) >= 11 is 4.43. The molecule has 0 N–H and O–H groups in total. The lowest BCUT2D eigenvalue weighted by molar-refractivity contribution is 0.591. The molecule has 0 amide bonds. The number of hydrogen-bond donors (Lipinski definition) is 1. The zero-order valence-electron chi connectivity index (χ0n) is 5.65. The second-order valence-electron chi connectivity index (χ2n) is 3.46. The first-order chi connectivity index (χ1) is 3.58. The molecule has 0 aromatic rings. The van der Waals surface area contributed by atoms with Gasteiger partial charge in [-0.25, -0.2) is 0 Å². The van der Waals surface area contributed by atoms with Gasteiger partial charge in [0.05, 0.1) is 0 Å². The zero-order chi connectivity index (χ0) is 6.20. The Morgan fingerprint density at radius 1 is 1.50 bits per heavy atom. The average Bonchev–Trinajstić information content (AvgIpc) is 2.12. The number of hydrogen-bond acceptors (Lipinski definition) is 1. The molecule has 0 atom stereocenters. The third-order valence-electron chi connectivity index (χ3n) is 1.49. The monoisotopic (exact) mass is 130 g/mol. The van der Waals surface area contributed by atoms with Crippen LogP contribution in [-0.4, -0.2) is 4.75 Å². The van der Waals surface area contributed by atoms with Gasteiger partial charge in [0.1, 0.15) is 0 Å². The van der Waals surface area contributed by atoms with Crippen molar-refractivity contribution in [3.63, 3.8) is 0 Å². The lowest BCUT2D eigenvalue weighted by atomic mass is 10.1. The Labute approximate surface area is 57.1 Å². The van der Waals surface area contributed by atoms with E-state index >= 15 is 0 Å². The Bertz CT molecular complexity index is 76.9. The van der Waals surface area contributed by atoms with Crippen LogP contribution in [0.3, 0.4) is 0 Å². The van der Waals surface area contributed by atoms with Crippen LogP contribution in [0.25, 0.3) is 0 Å². The van der Waals surface area contributed by atoms with Gasteiger partial charge in [-0.15, -0.1) is 0 Å². The van der Waals surface area contributed by atoms with Crippen LogP contribution in [0.5, 0.6) is 0 Å². The van der Waals surface area contributed by atoms with Crippen LogP contribution in [0.2, 0.25) is 0 Å². The SMILES string of the molecule is CC(C)(S)CC1CC1. The molecular weight excluding hydrogens is 116 g/mol. The highest BCUT2D eigenvalue weighted by Crippen LogP contribution is 2.38. The average molecular weight is 130 g/mol. The molecule has 0 unspecified atom stereocenters. The van der Waals surface area contributed by atoms with Crippen LogP contribution in [0.4, 0.5) is 0 Å². The summed E-state index contributed by atoms with van der Waals surface area (Å²) in [5, 5.41) is 0. The van der Waals surface area contributed by atoms with E-state index < -0.39 is 0 Å². The highest BCUT2D eigenvalue weighted by Gasteiger charge is 2.27. The molecule has 0 spiro atoms. The zero-order valence-corrected chi connectivity index (χ0v) is 6.54. The van der Waals surface area contributed by atoms with E-state index in [9.17, 15) is 0 Å². The summed E-state index contributed by atoms with van der Waals surface area (Å²) in [6, 6.07) is 0. The van der Waals surface area contributed by atoms with E-state index in [0.717, 1.165) is 5.92 Å². The van der Waals surface area contributed by atoms with Crippen molar-refractivity contribution in [2.24, 2.45) is 5.92 Å². The minimum absolute atomic E-state index is 0.279. The molecule has 0 bridgehead atoms. The van der Waals surface area contributed by atoms with Crippen molar-refractivity contribution in [1.29, 1.82) is 0 Å². The van der Waals surface area contributed by atoms with E-state index in [-0.39, 0.29) is 4.75 Å². The number of thiol groups is 1. The Kier molecular flexibility index (Phi) is 1.57. The first-order valence-corrected chi connectivity index (χ1v) is 3.75. The molecule has 0 radical (unpaired) electrons. The third kappa shape index (κ3) is 2.61. The molecule has 8 heavy (non-hydrogen) atoms. The summed E-state index contributed by atoms with van der Waals surface area (Å²) < 4.78 is 0.279. The van der Waals surface area contributed by atoms with E-state index in [1.807, 2.05) is 0 Å². The molecule has 0 saturated heterocycles. The summed E-state index contributed by atoms with van der Waals surface area (Å²) in [4.78, 5) is 0. The summed E-state index contributed by atoms with van der Waals surface area (Å²) in [6.45, 7) is 4.38. The van der Waals surface area contributed by atoms with Crippen LogP contribution in [0.1, 0.15) is 33.1 Å². The molecule has 0 aromatic carbocycles. The molecule has 1 rings (SSSR count). The topological polar surface area (TPSA) is 0 Å². The summed E-state index contributed by atoms with van der Waals surface area (Å²) in [5.41, 5.74) is 0. The van der Waals surface area contributed by atoms with E-state index in [4.69, 9.17) is 0 Å². The molecule has 1 aliphatic carbocycles. The van der Waals surface area contributed by atoms with Crippen molar-refractivity contribution in [2.75, 3.05) is 0 Å². The molecule has 0 aliphatic heterocycles. The van der Waals surface area contributed by atoms with Gasteiger partial charge in [-0.1, -0.05) is 26.7 Å². The highest BCUT2D eigenvalue weighted by atomic mass is 32.1. The third-order valence-corrected chi connectivity index (χ3v) is 1.67. The smallest absolute Gasteiger partial charge is 0.00758 e. The van der Waals surface area contributed by atoms with Crippen molar-refractivity contribution in [3.05, 3.63) is 0 Å². The van der Waals surface area contributed by atoms with Gasteiger partial charge in [-0.05, 0) is 12.3 Å². The fourth-order valence-electron chi connectivity index (χ4n) is 1.03. The Morgan fingerprint density at radius 2 is 2.00 bits per heavy atom. The largest absolute Gasteiger partial charge is 0.173 e. The second-order valence-corrected chi connectivity index (χ2v) is 4.67. The van der Waals surface area contributed by atoms with Crippen LogP contribution < -0.4 is 0 Å². The summed E-state index contributed by atoms with van der Waals surface area (Å²) in [5.74, 6) is 1.02. The van der Waals surface area contributed by atoms with E-state index in [1.54, 1.807) is 0 Å². The van der Waals surface area contributed by atoms with Gasteiger partial charge >= 0.3 is 0 Å². The van der Waals surface area contributed by atoms with Gasteiger partial charge in [0.2, 0.25) is 0 Å². The van der Waals surface area contributed by atoms with Crippen LogP contribution >= 0.6 is 12.6 Å². The van der Waals surface area contributed by atoms with Crippen LogP contribution in [0, 0.1) is 5.92 Å². The summed E-state index contributed by atoms with van der Waals surface area (Å²) in [7, 11) is 0. The fraction of sp³-hybridized carbons (Fsp3) is 1.00. The van der Waals surface area contributed by atoms with Crippen molar-refractivity contribution in [2.45, 2.75) is 37.9 Å². The molecular formula is C7H14S. The van der Waals surface area contributed by atoms with Gasteiger partial charge in [-0.2, -0.15) is 12.6 Å². The van der Waals surface area contributed by atoms with Crippen molar-refractivity contribution < 1.29 is 0 Å². The van der Waals surface area contributed by atoms with Crippen LogP contribution in [0.15, 0.2) is 0 Å². The molecule has 1 aliphatic rings. The lowest BCUT2D eigenvalue weighted by Gasteiger charge is -2.15. The molecule has 1 saturated carbocycles. The molecule has 1 fully saturated rings. The predicted molar refractivity (Wildman–Crippen MR) is 40.4 cm³/mol. The quantitative estimate of drug-likeness (QED) is 0.545. The van der Waals surface area contributed by atoms with E-state index in [2.05, 4.69) is 26.5 Å². The maximum absolute atomic E-state index is 4.43. The molecule has 0 heterocycles. The van der Waals surface area contributed by atoms with E-state index in [1.165, 1.54) is 19.3 Å². The van der Waals surface area contributed by atoms with Crippen molar-refractivity contribution >= 4 is 12.6 Å². The van der Waals surface area contributed by atoms with Gasteiger partial charge in [-0.3, -0.25) is 0 Å². The van der Waals surface area contributed by atoms with Gasteiger partial charge < -0.3 is 0 Å². The first-order valence-electron chi connectivity index (χ1n) is 3.30. The van der Waals surface area contributed by atoms with Gasteiger partial charge in [0.15, 0.2) is 0 Å². The Balaban J connectivity index is 2.16. The van der Waals surface area contributed by atoms with Gasteiger partial charge in [0, 0.05) is 4.75 Å². The molecule has 48 valence electrons. The maximum atomic E-state index is 4.43. The first kappa shape index (κ1) is 6.47. The van der Waals surface area contributed by atoms with Crippen molar-refractivity contribution in [3.8, 4) is 0 Å². The molecule has 0 aromatic heterocycles. The van der Waals surface area contributed by atoms with Gasteiger partial charge in [0.25, 0.3) is 0 Å². The normalized spacial score (nSPS) is 21.4. The van der Waals surface area contributed by atoms with Crippen LogP contribution in [-0.2, 0) is 0 Å². The molecule has 0 nitrogen and oxygen atoms in total. The Hall–Kier alpha value is 0.350. The molecule has 1 heteroatoms. The summed E-state index contributed by atoms with van der Waals surface area (Å²) in [6.07, 6.45) is 4.20.